The highest BCUT2D eigenvalue weighted by atomic mass is 16.7. The van der Waals surface area contributed by atoms with Gasteiger partial charge in [-0.2, -0.15) is 0 Å². The van der Waals surface area contributed by atoms with Crippen LogP contribution in [0.1, 0.15) is 34.3 Å². The number of fused-ring (bicyclic) bond motifs is 1. The van der Waals surface area contributed by atoms with Gasteiger partial charge in [-0.05, 0) is 37.1 Å². The second-order valence-corrected chi connectivity index (χ2v) is 7.01. The summed E-state index contributed by atoms with van der Waals surface area (Å²) in [6.07, 6.45) is 2.15. The van der Waals surface area contributed by atoms with E-state index in [2.05, 4.69) is 0 Å². The highest BCUT2D eigenvalue weighted by molar-refractivity contribution is 5.89. The first-order valence-corrected chi connectivity index (χ1v) is 9.62. The van der Waals surface area contributed by atoms with Crippen molar-refractivity contribution in [2.75, 3.05) is 20.0 Å². The predicted octanol–water partition coefficient (Wildman–Crippen LogP) is 3.38. The zero-order valence-electron chi connectivity index (χ0n) is 16.2. The van der Waals surface area contributed by atoms with E-state index in [1.165, 1.54) is 12.1 Å². The first-order valence-electron chi connectivity index (χ1n) is 9.62. The van der Waals surface area contributed by atoms with E-state index in [-0.39, 0.29) is 31.8 Å². The molecule has 2 aliphatic heterocycles. The lowest BCUT2D eigenvalue weighted by molar-refractivity contribution is -0.385. The monoisotopic (exact) mass is 415 g/mol. The third kappa shape index (κ3) is 4.69. The summed E-state index contributed by atoms with van der Waals surface area (Å²) in [5.41, 5.74) is 1.21. The van der Waals surface area contributed by atoms with Crippen LogP contribution in [0.2, 0.25) is 0 Å². The molecular formula is C21H21NO8. The molecule has 9 nitrogen and oxygen atoms in total. The molecule has 0 radical (unpaired) electrons. The fourth-order valence-electron chi connectivity index (χ4n) is 3.37. The van der Waals surface area contributed by atoms with E-state index in [1.54, 1.807) is 24.3 Å². The Kier molecular flexibility index (Phi) is 6.10. The van der Waals surface area contributed by atoms with Crippen molar-refractivity contribution in [3.63, 3.8) is 0 Å². The third-order valence-corrected chi connectivity index (χ3v) is 4.89. The molecule has 4 rings (SSSR count). The number of rotatable bonds is 7. The molecule has 0 saturated carbocycles. The lowest BCUT2D eigenvalue weighted by Gasteiger charge is -2.20. The van der Waals surface area contributed by atoms with Crippen molar-refractivity contribution in [1.82, 2.24) is 0 Å². The maximum atomic E-state index is 12.4. The molecule has 30 heavy (non-hydrogen) atoms. The van der Waals surface area contributed by atoms with Crippen LogP contribution >= 0.6 is 0 Å². The minimum absolute atomic E-state index is 0.0408. The third-order valence-electron chi connectivity index (χ3n) is 4.89. The Morgan fingerprint density at radius 1 is 1.23 bits per heavy atom. The molecule has 0 N–H and O–H groups in total. The summed E-state index contributed by atoms with van der Waals surface area (Å²) in [5, 5.41) is 11.2. The number of carbonyl (C=O) groups is 1. The molecule has 1 fully saturated rings. The fourth-order valence-corrected chi connectivity index (χ4v) is 3.37. The van der Waals surface area contributed by atoms with Crippen LogP contribution < -0.4 is 9.47 Å². The van der Waals surface area contributed by atoms with Crippen LogP contribution in [0.15, 0.2) is 36.4 Å². The van der Waals surface area contributed by atoms with Gasteiger partial charge >= 0.3 is 5.97 Å². The smallest absolute Gasteiger partial charge is 0.338 e. The van der Waals surface area contributed by atoms with Gasteiger partial charge in [-0.15, -0.1) is 0 Å². The number of ether oxygens (including phenoxy) is 5. The molecule has 1 saturated heterocycles. The number of nitro groups is 1. The van der Waals surface area contributed by atoms with E-state index in [4.69, 9.17) is 23.7 Å². The van der Waals surface area contributed by atoms with Crippen molar-refractivity contribution < 1.29 is 33.4 Å². The molecule has 2 heterocycles. The van der Waals surface area contributed by atoms with E-state index in [1.807, 2.05) is 0 Å². The van der Waals surface area contributed by atoms with Gasteiger partial charge in [0.25, 0.3) is 5.69 Å². The Balaban J connectivity index is 1.38. The summed E-state index contributed by atoms with van der Waals surface area (Å²) in [7, 11) is 0. The lowest BCUT2D eigenvalue weighted by atomic mass is 10.1. The van der Waals surface area contributed by atoms with Gasteiger partial charge in [-0.3, -0.25) is 10.1 Å². The minimum atomic E-state index is -0.548. The zero-order chi connectivity index (χ0) is 20.9. The largest absolute Gasteiger partial charge is 0.491 e. The van der Waals surface area contributed by atoms with Crippen LogP contribution in [0.3, 0.4) is 0 Å². The molecule has 0 aromatic heterocycles. The maximum absolute atomic E-state index is 12.4. The molecule has 2 aromatic rings. The Morgan fingerprint density at radius 2 is 2.07 bits per heavy atom. The van der Waals surface area contributed by atoms with Gasteiger partial charge < -0.3 is 23.7 Å². The summed E-state index contributed by atoms with van der Waals surface area (Å²) in [6, 6.07) is 9.36. The van der Waals surface area contributed by atoms with Crippen molar-refractivity contribution in [1.29, 1.82) is 0 Å². The Labute approximate surface area is 172 Å². The molecule has 2 aromatic carbocycles. The molecule has 2 aliphatic rings. The van der Waals surface area contributed by atoms with Crippen molar-refractivity contribution in [2.24, 2.45) is 0 Å². The first kappa shape index (κ1) is 20.1. The quantitative estimate of drug-likeness (QED) is 0.385. The van der Waals surface area contributed by atoms with E-state index < -0.39 is 10.9 Å². The van der Waals surface area contributed by atoms with E-state index >= 15 is 0 Å². The number of hydrogen-bond donors (Lipinski definition) is 0. The lowest BCUT2D eigenvalue weighted by Crippen LogP contribution is -2.16. The maximum Gasteiger partial charge on any atom is 0.338 e. The molecule has 158 valence electrons. The number of hydrogen-bond acceptors (Lipinski definition) is 8. The number of non-ortho nitro benzene ring substituents is 1. The number of carbonyl (C=O) groups excluding carboxylic acids is 1. The normalized spacial score (nSPS) is 17.7. The zero-order valence-corrected chi connectivity index (χ0v) is 16.2. The van der Waals surface area contributed by atoms with Gasteiger partial charge in [0.1, 0.15) is 24.7 Å². The van der Waals surface area contributed by atoms with Gasteiger partial charge in [0, 0.05) is 29.9 Å². The molecule has 0 bridgehead atoms. The van der Waals surface area contributed by atoms with Crippen LogP contribution in [-0.2, 0) is 27.4 Å². The van der Waals surface area contributed by atoms with Crippen molar-refractivity contribution in [3.05, 3.63) is 63.2 Å². The predicted molar refractivity (Wildman–Crippen MR) is 103 cm³/mol. The summed E-state index contributed by atoms with van der Waals surface area (Å²) in [6.45, 7) is 1.33. The average Bonchev–Trinajstić information content (AvgIpc) is 3.29. The number of benzene rings is 2. The van der Waals surface area contributed by atoms with Gasteiger partial charge in [0.2, 0.25) is 0 Å². The number of esters is 1. The Bertz CT molecular complexity index is 921. The van der Waals surface area contributed by atoms with Gasteiger partial charge in [-0.25, -0.2) is 4.79 Å². The molecule has 0 aliphatic carbocycles. The topological polar surface area (TPSA) is 106 Å². The minimum Gasteiger partial charge on any atom is -0.491 e. The number of nitrogens with zero attached hydrogens (tertiary/aromatic N) is 1. The van der Waals surface area contributed by atoms with Gasteiger partial charge in [-0.1, -0.05) is 0 Å². The Hall–Kier alpha value is -3.17. The SMILES string of the molecule is O=C(OCc1cc([N+](=O)[O-])cc2c1OCOC2)c1ccc(OCC2CCCO2)cc1. The summed E-state index contributed by atoms with van der Waals surface area (Å²) < 4.78 is 27.2. The van der Waals surface area contributed by atoms with Crippen molar-refractivity contribution in [3.8, 4) is 11.5 Å². The highest BCUT2D eigenvalue weighted by Gasteiger charge is 2.22. The average molecular weight is 415 g/mol. The van der Waals surface area contributed by atoms with E-state index in [0.717, 1.165) is 19.4 Å². The van der Waals surface area contributed by atoms with Crippen LogP contribution in [0, 0.1) is 10.1 Å². The molecule has 0 spiro atoms. The van der Waals surface area contributed by atoms with Gasteiger partial charge in [0.15, 0.2) is 6.79 Å². The molecule has 9 heteroatoms. The second-order valence-electron chi connectivity index (χ2n) is 7.01. The van der Waals surface area contributed by atoms with Crippen LogP contribution in [0.5, 0.6) is 11.5 Å². The van der Waals surface area contributed by atoms with E-state index in [0.29, 0.717) is 34.8 Å². The Morgan fingerprint density at radius 3 is 2.80 bits per heavy atom. The van der Waals surface area contributed by atoms with Crippen LogP contribution in [0.25, 0.3) is 0 Å². The van der Waals surface area contributed by atoms with Crippen LogP contribution in [-0.4, -0.2) is 37.0 Å². The van der Waals surface area contributed by atoms with E-state index in [9.17, 15) is 14.9 Å². The summed E-state index contributed by atoms with van der Waals surface area (Å²) in [5.74, 6) is 0.550. The summed E-state index contributed by atoms with van der Waals surface area (Å²) >= 11 is 0. The van der Waals surface area contributed by atoms with Gasteiger partial charge in [0.05, 0.1) is 23.2 Å². The fraction of sp³-hybridized carbons (Fsp3) is 0.381. The molecular weight excluding hydrogens is 394 g/mol. The molecule has 0 amide bonds. The summed E-state index contributed by atoms with van der Waals surface area (Å²) in [4.78, 5) is 23.1. The molecule has 1 unspecified atom stereocenters. The van der Waals surface area contributed by atoms with Crippen molar-refractivity contribution in [2.45, 2.75) is 32.2 Å². The van der Waals surface area contributed by atoms with Crippen LogP contribution in [0.4, 0.5) is 5.69 Å². The van der Waals surface area contributed by atoms with Crippen molar-refractivity contribution >= 4 is 11.7 Å². The standard InChI is InChI=1S/C21H21NO8/c23-21(14-3-5-18(6-4-14)28-12-19-2-1-7-27-19)29-11-16-9-17(22(24)25)8-15-10-26-13-30-20(15)16/h3-6,8-9,19H,1-2,7,10-13H2. The second kappa shape index (κ2) is 9.10. The first-order chi connectivity index (χ1) is 14.6. The molecule has 1 atom stereocenters. The highest BCUT2D eigenvalue weighted by Crippen LogP contribution is 2.33. The number of nitro benzene ring substituents is 1.